The van der Waals surface area contributed by atoms with Gasteiger partial charge in [-0.1, -0.05) is 131 Å². The Bertz CT molecular complexity index is 406. The fourth-order valence-corrected chi connectivity index (χ4v) is 4.63. The molecule has 0 rings (SSSR count). The van der Waals surface area contributed by atoms with Crippen LogP contribution >= 0.6 is 0 Å². The Balaban J connectivity index is -0.00000480. The van der Waals surface area contributed by atoms with E-state index in [0.29, 0.717) is 13.2 Å². The first-order valence-corrected chi connectivity index (χ1v) is 16.5. The zero-order chi connectivity index (χ0) is 24.1. The molecular formula is C28H61NaO3Si. The molecule has 0 heterocycles. The van der Waals surface area contributed by atoms with Crippen LogP contribution in [0.3, 0.4) is 0 Å². The average molecular weight is 497 g/mol. The van der Waals surface area contributed by atoms with Crippen LogP contribution in [0.1, 0.15) is 132 Å². The van der Waals surface area contributed by atoms with Crippen LogP contribution in [-0.4, -0.2) is 41.4 Å². The molecule has 33 heavy (non-hydrogen) atoms. The van der Waals surface area contributed by atoms with Crippen molar-refractivity contribution < 1.29 is 44.9 Å². The maximum atomic E-state index is 6.16. The Morgan fingerprint density at radius 3 is 1.48 bits per heavy atom. The topological polar surface area (TPSA) is 27.7 Å². The average Bonchev–Trinajstić information content (AvgIpc) is 2.74. The smallest absolute Gasteiger partial charge is 0.446 e. The van der Waals surface area contributed by atoms with Gasteiger partial charge in [0.25, 0.3) is 0 Å². The van der Waals surface area contributed by atoms with Crippen LogP contribution in [0.2, 0.25) is 11.6 Å². The molecule has 5 heteroatoms. The van der Waals surface area contributed by atoms with Gasteiger partial charge in [0.15, 0.2) is 0 Å². The van der Waals surface area contributed by atoms with Gasteiger partial charge in [-0.15, -0.1) is 0 Å². The van der Waals surface area contributed by atoms with Crippen molar-refractivity contribution in [2.45, 2.75) is 148 Å². The predicted molar refractivity (Wildman–Crippen MR) is 146 cm³/mol. The zero-order valence-electron chi connectivity index (χ0n) is 23.9. The molecule has 0 aromatic carbocycles. The van der Waals surface area contributed by atoms with E-state index in [0.717, 1.165) is 13.0 Å². The van der Waals surface area contributed by atoms with Crippen molar-refractivity contribution in [2.24, 2.45) is 0 Å². The number of hydrogen-bond acceptors (Lipinski definition) is 3. The maximum absolute atomic E-state index is 6.16. The molecule has 0 saturated heterocycles. The number of hydrogen-bond donors (Lipinski definition) is 0. The molecule has 1 unspecified atom stereocenters. The number of ether oxygens (including phenoxy) is 2. The summed E-state index contributed by atoms with van der Waals surface area (Å²) < 4.78 is 17.5. The molecule has 0 amide bonds. The minimum absolute atomic E-state index is 0. The molecule has 0 aliphatic heterocycles. The van der Waals surface area contributed by atoms with E-state index in [2.05, 4.69) is 40.8 Å². The number of methoxy groups -OCH3 is 1. The maximum Gasteiger partial charge on any atom is 1.00 e. The third-order valence-corrected chi connectivity index (χ3v) is 10.9. The van der Waals surface area contributed by atoms with Crippen LogP contribution < -0.4 is 29.6 Å². The van der Waals surface area contributed by atoms with Crippen molar-refractivity contribution in [2.75, 3.05) is 26.9 Å². The first kappa shape index (κ1) is 36.3. The number of rotatable bonds is 23. The standard InChI is InChI=1S/C28H59O3Si.Na.H2/c1-8-9-10-11-12-13-14-15-16-17-18-19-20-21-22-23-24-30-25-27(29-5)26-31-32(6,7)28(2,3)4;;/h27H,6,8-26H2,1-5,7H3;;1H/q-1;+1;/t27-,32?;;/m1../s1. The second-order valence-corrected chi connectivity index (χ2v) is 15.3. The SMILES string of the molecule is [CH2-][Si](C)(OC[C@@H](COCCCCCCCCCCCCCCCCCC)OC)C(C)(C)C.[HH].[Na+]. The molecule has 3 nitrogen and oxygen atoms in total. The summed E-state index contributed by atoms with van der Waals surface area (Å²) in [5.74, 6) is 0. The minimum Gasteiger partial charge on any atom is -0.446 e. The van der Waals surface area contributed by atoms with Crippen molar-refractivity contribution >= 4 is 8.32 Å². The van der Waals surface area contributed by atoms with Crippen molar-refractivity contribution in [1.29, 1.82) is 0 Å². The van der Waals surface area contributed by atoms with Gasteiger partial charge in [0.2, 0.25) is 0 Å². The second-order valence-electron chi connectivity index (χ2n) is 11.0. The van der Waals surface area contributed by atoms with Crippen molar-refractivity contribution in [3.8, 4) is 0 Å². The molecule has 0 aromatic heterocycles. The van der Waals surface area contributed by atoms with Crippen LogP contribution in [0.4, 0.5) is 0 Å². The van der Waals surface area contributed by atoms with Gasteiger partial charge in [0.1, 0.15) is 6.10 Å². The third kappa shape index (κ3) is 22.1. The molecule has 0 fully saturated rings. The molecule has 0 N–H and O–H groups in total. The van der Waals surface area contributed by atoms with E-state index in [-0.39, 0.29) is 42.1 Å². The monoisotopic (exact) mass is 496 g/mol. The van der Waals surface area contributed by atoms with E-state index in [1.165, 1.54) is 96.3 Å². The van der Waals surface area contributed by atoms with Gasteiger partial charge in [-0.25, -0.2) is 0 Å². The summed E-state index contributed by atoms with van der Waals surface area (Å²) in [6.07, 6.45) is 22.4. The van der Waals surface area contributed by atoms with Gasteiger partial charge < -0.3 is 20.4 Å². The number of unbranched alkanes of at least 4 members (excludes halogenated alkanes) is 15. The molecular weight excluding hydrogens is 435 g/mol. The summed E-state index contributed by atoms with van der Waals surface area (Å²) in [7, 11) is -0.222. The summed E-state index contributed by atoms with van der Waals surface area (Å²) in [5, 5.41) is 0.125. The molecule has 0 aliphatic carbocycles. The quantitative estimate of drug-likeness (QED) is 0.0944. The normalized spacial score (nSPS) is 14.6. The largest absolute Gasteiger partial charge is 1.00 e. The molecule has 0 spiro atoms. The molecule has 0 bridgehead atoms. The van der Waals surface area contributed by atoms with Crippen LogP contribution in [0.15, 0.2) is 0 Å². The summed E-state index contributed by atoms with van der Waals surface area (Å²) in [4.78, 5) is 0. The van der Waals surface area contributed by atoms with Gasteiger partial charge in [-0.05, 0) is 11.5 Å². The van der Waals surface area contributed by atoms with E-state index < -0.39 is 8.32 Å². The Morgan fingerprint density at radius 2 is 1.12 bits per heavy atom. The Labute approximate surface area is 233 Å². The van der Waals surface area contributed by atoms with Gasteiger partial charge >= 0.3 is 29.6 Å². The zero-order valence-corrected chi connectivity index (χ0v) is 26.9. The van der Waals surface area contributed by atoms with E-state index in [9.17, 15) is 0 Å². The molecule has 196 valence electrons. The van der Waals surface area contributed by atoms with Crippen LogP contribution in [0.5, 0.6) is 0 Å². The van der Waals surface area contributed by atoms with Gasteiger partial charge in [-0.2, -0.15) is 0 Å². The third-order valence-electron chi connectivity index (χ3n) is 6.95. The Morgan fingerprint density at radius 1 is 0.727 bits per heavy atom. The van der Waals surface area contributed by atoms with Crippen molar-refractivity contribution in [1.82, 2.24) is 0 Å². The minimum atomic E-state index is -1.96. The second kappa shape index (κ2) is 23.5. The molecule has 0 aromatic rings. The molecule has 0 radical (unpaired) electrons. The van der Waals surface area contributed by atoms with Gasteiger partial charge in [0, 0.05) is 23.5 Å². The van der Waals surface area contributed by atoms with Gasteiger partial charge in [0.05, 0.1) is 13.2 Å². The van der Waals surface area contributed by atoms with Gasteiger partial charge in [-0.3, -0.25) is 0 Å². The van der Waals surface area contributed by atoms with Crippen molar-refractivity contribution in [3.05, 3.63) is 6.55 Å². The van der Waals surface area contributed by atoms with E-state index in [4.69, 9.17) is 13.9 Å². The van der Waals surface area contributed by atoms with E-state index >= 15 is 0 Å². The Hall–Kier alpha value is 1.10. The van der Waals surface area contributed by atoms with Crippen LogP contribution in [-0.2, 0) is 13.9 Å². The molecule has 2 atom stereocenters. The first-order chi connectivity index (χ1) is 15.2. The van der Waals surface area contributed by atoms with E-state index in [1.54, 1.807) is 7.11 Å². The fourth-order valence-electron chi connectivity index (χ4n) is 3.64. The summed E-state index contributed by atoms with van der Waals surface area (Å²) >= 11 is 0. The fraction of sp³-hybridized carbons (Fsp3) is 0.964. The summed E-state index contributed by atoms with van der Waals surface area (Å²) in [5.41, 5.74) is 0. The van der Waals surface area contributed by atoms with Crippen LogP contribution in [0.25, 0.3) is 0 Å². The van der Waals surface area contributed by atoms with E-state index in [1.807, 2.05) is 0 Å². The predicted octanol–water partition coefficient (Wildman–Crippen LogP) is 6.29. The molecule has 0 saturated carbocycles. The summed E-state index contributed by atoms with van der Waals surface area (Å²) in [6.45, 7) is 17.5. The first-order valence-electron chi connectivity index (χ1n) is 13.8. The Kier molecular flexibility index (Phi) is 25.8. The van der Waals surface area contributed by atoms with Crippen molar-refractivity contribution in [3.63, 3.8) is 0 Å². The summed E-state index contributed by atoms with van der Waals surface area (Å²) in [6, 6.07) is 0. The van der Waals surface area contributed by atoms with Crippen LogP contribution in [0, 0.1) is 6.55 Å². The molecule has 0 aliphatic rings.